The van der Waals surface area contributed by atoms with Crippen LogP contribution in [0.3, 0.4) is 0 Å². The van der Waals surface area contributed by atoms with Crippen molar-refractivity contribution in [2.24, 2.45) is 0 Å². The molecule has 0 aliphatic carbocycles. The van der Waals surface area contributed by atoms with Crippen molar-refractivity contribution in [2.75, 3.05) is 0 Å². The maximum absolute atomic E-state index is 5.27. The van der Waals surface area contributed by atoms with Gasteiger partial charge in [0.2, 0.25) is 0 Å². The van der Waals surface area contributed by atoms with Gasteiger partial charge in [0, 0.05) is 34.1 Å². The summed E-state index contributed by atoms with van der Waals surface area (Å²) in [5.74, 6) is 0. The molecule has 4 aromatic carbocycles. The predicted molar refractivity (Wildman–Crippen MR) is 155 cm³/mol. The van der Waals surface area contributed by atoms with E-state index in [1.807, 2.05) is 12.1 Å². The van der Waals surface area contributed by atoms with Crippen LogP contribution in [0.25, 0.3) is 54.6 Å². The molecule has 0 radical (unpaired) electrons. The Hall–Kier alpha value is -3.79. The number of aromatic nitrogens is 4. The van der Waals surface area contributed by atoms with Crippen LogP contribution in [0, 0.1) is 12.1 Å². The smallest absolute Gasteiger partial charge is 0.340 e. The Balaban J connectivity index is 0.00000242. The summed E-state index contributed by atoms with van der Waals surface area (Å²) < 4.78 is 4.49. The third-order valence-electron chi connectivity index (χ3n) is 7.76. The zero-order valence-corrected chi connectivity index (χ0v) is 24.1. The number of para-hydroxylation sites is 2. The molecular formula is C32H22N4PtSi. The van der Waals surface area contributed by atoms with E-state index in [0.717, 1.165) is 43.7 Å². The second-order valence-electron chi connectivity index (χ2n) is 10.2. The second kappa shape index (κ2) is 8.35. The van der Waals surface area contributed by atoms with Crippen LogP contribution in [-0.4, -0.2) is 26.8 Å². The third kappa shape index (κ3) is 3.12. The summed E-state index contributed by atoms with van der Waals surface area (Å²) in [5, 5.41) is 9.13. The molecule has 6 heteroatoms. The summed E-state index contributed by atoms with van der Waals surface area (Å²) >= 11 is 0. The molecule has 184 valence electrons. The summed E-state index contributed by atoms with van der Waals surface area (Å²) in [5.41, 5.74) is 4.24. The van der Waals surface area contributed by atoms with Gasteiger partial charge in [0.15, 0.2) is 8.07 Å². The number of fused-ring (bicyclic) bond motifs is 12. The Morgan fingerprint density at radius 1 is 0.579 bits per heavy atom. The number of benzene rings is 4. The molecule has 0 saturated carbocycles. The van der Waals surface area contributed by atoms with Gasteiger partial charge in [-0.15, -0.1) is 59.3 Å². The van der Waals surface area contributed by atoms with Gasteiger partial charge in [0.1, 0.15) is 0 Å². The molecule has 0 unspecified atom stereocenters. The Morgan fingerprint density at radius 3 is 1.47 bits per heavy atom. The van der Waals surface area contributed by atoms with Crippen LogP contribution in [0.4, 0.5) is 0 Å². The van der Waals surface area contributed by atoms with E-state index in [2.05, 4.69) is 119 Å². The fraction of sp³-hybridized carbons (Fsp3) is 0.0625. The Morgan fingerprint density at radius 2 is 1.00 bits per heavy atom. The van der Waals surface area contributed by atoms with Crippen molar-refractivity contribution in [1.29, 1.82) is 0 Å². The molecule has 38 heavy (non-hydrogen) atoms. The molecule has 0 N–H and O–H groups in total. The predicted octanol–water partition coefficient (Wildman–Crippen LogP) is 6.02. The van der Waals surface area contributed by atoms with Gasteiger partial charge < -0.3 is 8.80 Å². The first-order chi connectivity index (χ1) is 18.1. The summed E-state index contributed by atoms with van der Waals surface area (Å²) in [6, 6.07) is 36.4. The van der Waals surface area contributed by atoms with Gasteiger partial charge in [0.05, 0.1) is 11.3 Å². The van der Waals surface area contributed by atoms with Gasteiger partial charge in [-0.3, -0.25) is 9.97 Å². The third-order valence-corrected chi connectivity index (χ3v) is 10.8. The number of hydrogen-bond acceptors (Lipinski definition) is 2. The van der Waals surface area contributed by atoms with E-state index >= 15 is 0 Å². The maximum atomic E-state index is 5.27. The normalized spacial score (nSPS) is 12.3. The van der Waals surface area contributed by atoms with Crippen LogP contribution in [0.5, 0.6) is 0 Å². The van der Waals surface area contributed by atoms with Gasteiger partial charge in [-0.05, 0) is 22.9 Å². The molecule has 0 fully saturated rings. The van der Waals surface area contributed by atoms with Crippen molar-refractivity contribution in [3.8, 4) is 0 Å². The van der Waals surface area contributed by atoms with Crippen LogP contribution < -0.4 is 10.6 Å². The van der Waals surface area contributed by atoms with Crippen LogP contribution in [-0.2, 0) is 21.1 Å². The number of imidazole rings is 2. The quantitative estimate of drug-likeness (QED) is 0.127. The number of hydrogen-bond donors (Lipinski definition) is 0. The Labute approximate surface area is 234 Å². The van der Waals surface area contributed by atoms with Gasteiger partial charge in [-0.1, -0.05) is 60.3 Å². The minimum Gasteiger partial charge on any atom is -0.340 e. The van der Waals surface area contributed by atoms with Crippen molar-refractivity contribution in [3.05, 3.63) is 109 Å². The van der Waals surface area contributed by atoms with Crippen molar-refractivity contribution >= 4 is 73.4 Å². The van der Waals surface area contributed by atoms with Crippen LogP contribution >= 0.6 is 0 Å². The van der Waals surface area contributed by atoms with Crippen LogP contribution in [0.2, 0.25) is 13.1 Å². The summed E-state index contributed by atoms with van der Waals surface area (Å²) in [6.07, 6.45) is 4.47. The van der Waals surface area contributed by atoms with E-state index < -0.39 is 8.07 Å². The fourth-order valence-electron chi connectivity index (χ4n) is 5.73. The number of nitrogens with zero attached hydrogens (tertiary/aromatic N) is 4. The van der Waals surface area contributed by atoms with Crippen molar-refractivity contribution in [1.82, 2.24) is 18.8 Å². The van der Waals surface area contributed by atoms with E-state index in [-0.39, 0.29) is 21.1 Å². The average molecular weight is 686 g/mol. The molecule has 0 aliphatic heterocycles. The molecule has 0 saturated heterocycles. The summed E-state index contributed by atoms with van der Waals surface area (Å²) in [4.78, 5) is 10.5. The van der Waals surface area contributed by atoms with E-state index in [4.69, 9.17) is 9.97 Å². The molecular weight excluding hydrogens is 664 g/mol. The molecule has 4 nitrogen and oxygen atoms in total. The first-order valence-electron chi connectivity index (χ1n) is 12.5. The molecule has 4 aromatic heterocycles. The Kier molecular flexibility index (Phi) is 5.13. The van der Waals surface area contributed by atoms with E-state index in [0.29, 0.717) is 0 Å². The van der Waals surface area contributed by atoms with Gasteiger partial charge in [0.25, 0.3) is 0 Å². The molecule has 0 spiro atoms. The van der Waals surface area contributed by atoms with E-state index in [1.165, 1.54) is 21.5 Å². The molecule has 0 aliphatic rings. The van der Waals surface area contributed by atoms with Gasteiger partial charge in [-0.25, -0.2) is 0 Å². The topological polar surface area (TPSA) is 34.6 Å². The van der Waals surface area contributed by atoms with Crippen molar-refractivity contribution in [3.63, 3.8) is 0 Å². The molecule has 0 amide bonds. The zero-order valence-electron chi connectivity index (χ0n) is 20.8. The van der Waals surface area contributed by atoms with Crippen LogP contribution in [0.15, 0.2) is 97.3 Å². The van der Waals surface area contributed by atoms with Crippen molar-refractivity contribution in [2.45, 2.75) is 13.1 Å². The standard InChI is InChI=1S/C32H22N4Si.Pt/c1-37(2,29-19-35-27-17-9-7-13-23(27)21-11-3-5-15-25(21)31(35)33-29)30-20-36-28-18-10-8-14-24(28)22-12-4-6-16-26(22)32(36)34-30;/h3-14,17-20H,1-2H3;/q-2;+2. The zero-order chi connectivity index (χ0) is 24.7. The average Bonchev–Trinajstić information content (AvgIpc) is 3.61. The fourth-order valence-corrected chi connectivity index (χ4v) is 7.67. The molecule has 0 bridgehead atoms. The van der Waals surface area contributed by atoms with Crippen LogP contribution in [0.1, 0.15) is 0 Å². The van der Waals surface area contributed by atoms with Gasteiger partial charge >= 0.3 is 21.1 Å². The molecule has 0 atom stereocenters. The monoisotopic (exact) mass is 685 g/mol. The second-order valence-corrected chi connectivity index (χ2v) is 14.5. The van der Waals surface area contributed by atoms with Crippen molar-refractivity contribution < 1.29 is 21.1 Å². The van der Waals surface area contributed by atoms with Gasteiger partial charge in [-0.2, -0.15) is 0 Å². The number of pyridine rings is 2. The summed E-state index contributed by atoms with van der Waals surface area (Å²) in [7, 11) is -2.26. The maximum Gasteiger partial charge on any atom is 2.00 e. The van der Waals surface area contributed by atoms with E-state index in [9.17, 15) is 0 Å². The molecule has 8 rings (SSSR count). The minimum absolute atomic E-state index is 0. The van der Waals surface area contributed by atoms with E-state index in [1.54, 1.807) is 0 Å². The first-order valence-corrected chi connectivity index (χ1v) is 15.5. The molecule has 8 aromatic rings. The largest absolute Gasteiger partial charge is 2.00 e. The first kappa shape index (κ1) is 23.3. The SMILES string of the molecule is C[Si](C)(c1cn2c3ccccc3c3ccc[c-]c3c2n1)c1cn2c3ccccc3c3ccc[c-]c3c2n1.[Pt+2]. The minimum atomic E-state index is -2.26. The Bertz CT molecular complexity index is 1890. The molecule has 4 heterocycles. The summed E-state index contributed by atoms with van der Waals surface area (Å²) in [6.45, 7) is 4.69. The number of rotatable bonds is 2.